The first-order valence-electron chi connectivity index (χ1n) is 7.26. The lowest BCUT2D eigenvalue weighted by Gasteiger charge is -2.40. The summed E-state index contributed by atoms with van der Waals surface area (Å²) in [5.74, 6) is 0. The van der Waals surface area contributed by atoms with E-state index >= 15 is 0 Å². The van der Waals surface area contributed by atoms with Gasteiger partial charge in [0.1, 0.15) is 0 Å². The molecule has 0 aliphatic carbocycles. The number of halogens is 1. The van der Waals surface area contributed by atoms with Gasteiger partial charge in [-0.05, 0) is 37.6 Å². The van der Waals surface area contributed by atoms with Gasteiger partial charge in [0, 0.05) is 38.2 Å². The third kappa shape index (κ3) is 3.92. The summed E-state index contributed by atoms with van der Waals surface area (Å²) in [6.45, 7) is 8.46. The standard InChI is InChI=1S/C14H26BrNO2/c1-2-16(10-13-4-3-7-18-13)12-14(11-15)5-8-17-9-6-14/h13H,2-12H2,1H3. The monoisotopic (exact) mass is 319 g/mol. The van der Waals surface area contributed by atoms with E-state index in [0.29, 0.717) is 11.5 Å². The van der Waals surface area contributed by atoms with Gasteiger partial charge in [-0.15, -0.1) is 0 Å². The Labute approximate surface area is 119 Å². The van der Waals surface area contributed by atoms with Crippen LogP contribution in [0.15, 0.2) is 0 Å². The molecule has 106 valence electrons. The number of likely N-dealkylation sites (N-methyl/N-ethyl adjacent to an activating group) is 1. The molecular weight excluding hydrogens is 294 g/mol. The van der Waals surface area contributed by atoms with Crippen molar-refractivity contribution in [3.63, 3.8) is 0 Å². The van der Waals surface area contributed by atoms with Gasteiger partial charge in [0.25, 0.3) is 0 Å². The van der Waals surface area contributed by atoms with E-state index in [1.54, 1.807) is 0 Å². The van der Waals surface area contributed by atoms with Gasteiger partial charge in [0.2, 0.25) is 0 Å². The average molecular weight is 320 g/mol. The molecule has 0 radical (unpaired) electrons. The molecule has 2 saturated heterocycles. The van der Waals surface area contributed by atoms with Crippen LogP contribution in [0.1, 0.15) is 32.6 Å². The molecule has 4 heteroatoms. The van der Waals surface area contributed by atoms with Crippen LogP contribution in [0.3, 0.4) is 0 Å². The molecule has 18 heavy (non-hydrogen) atoms. The molecule has 0 bridgehead atoms. The van der Waals surface area contributed by atoms with E-state index < -0.39 is 0 Å². The molecule has 0 aromatic rings. The minimum Gasteiger partial charge on any atom is -0.381 e. The number of ether oxygens (including phenoxy) is 2. The smallest absolute Gasteiger partial charge is 0.0702 e. The predicted molar refractivity (Wildman–Crippen MR) is 77.4 cm³/mol. The van der Waals surface area contributed by atoms with Gasteiger partial charge in [0.05, 0.1) is 6.10 Å². The largest absolute Gasteiger partial charge is 0.381 e. The molecular formula is C14H26BrNO2. The van der Waals surface area contributed by atoms with Gasteiger partial charge in [-0.25, -0.2) is 0 Å². The lowest BCUT2D eigenvalue weighted by Crippen LogP contribution is -2.45. The molecule has 2 rings (SSSR count). The van der Waals surface area contributed by atoms with Gasteiger partial charge in [0.15, 0.2) is 0 Å². The normalized spacial score (nSPS) is 27.8. The Morgan fingerprint density at radius 2 is 2.06 bits per heavy atom. The molecule has 2 aliphatic rings. The molecule has 0 N–H and O–H groups in total. The van der Waals surface area contributed by atoms with E-state index in [1.807, 2.05) is 0 Å². The molecule has 1 unspecified atom stereocenters. The molecule has 2 aliphatic heterocycles. The summed E-state index contributed by atoms with van der Waals surface area (Å²) in [5.41, 5.74) is 0.410. The molecule has 3 nitrogen and oxygen atoms in total. The third-order valence-electron chi connectivity index (χ3n) is 4.33. The van der Waals surface area contributed by atoms with Crippen LogP contribution in [-0.4, -0.2) is 55.8 Å². The number of nitrogens with zero attached hydrogens (tertiary/aromatic N) is 1. The minimum atomic E-state index is 0.410. The SMILES string of the molecule is CCN(CC1CCCO1)CC1(CBr)CCOCC1. The molecule has 2 fully saturated rings. The maximum absolute atomic E-state index is 5.76. The Hall–Kier alpha value is 0.360. The third-order valence-corrected chi connectivity index (χ3v) is 5.52. The number of hydrogen-bond donors (Lipinski definition) is 0. The van der Waals surface area contributed by atoms with E-state index in [4.69, 9.17) is 9.47 Å². The Balaban J connectivity index is 1.86. The highest BCUT2D eigenvalue weighted by molar-refractivity contribution is 9.09. The molecule has 0 aromatic carbocycles. The molecule has 1 atom stereocenters. The summed E-state index contributed by atoms with van der Waals surface area (Å²) in [5, 5.41) is 1.09. The fourth-order valence-corrected chi connectivity index (χ4v) is 3.73. The van der Waals surface area contributed by atoms with Crippen LogP contribution in [0, 0.1) is 5.41 Å². The summed E-state index contributed by atoms with van der Waals surface area (Å²) in [4.78, 5) is 2.57. The van der Waals surface area contributed by atoms with Crippen LogP contribution >= 0.6 is 15.9 Å². The summed E-state index contributed by atoms with van der Waals surface area (Å²) in [6.07, 6.45) is 5.30. The van der Waals surface area contributed by atoms with Crippen LogP contribution in [0.2, 0.25) is 0 Å². The van der Waals surface area contributed by atoms with Gasteiger partial charge >= 0.3 is 0 Å². The maximum Gasteiger partial charge on any atom is 0.0702 e. The van der Waals surface area contributed by atoms with Crippen LogP contribution in [0.25, 0.3) is 0 Å². The van der Waals surface area contributed by atoms with Crippen molar-refractivity contribution in [2.75, 3.05) is 44.8 Å². The zero-order chi connectivity index (χ0) is 12.8. The van der Waals surface area contributed by atoms with Crippen molar-refractivity contribution < 1.29 is 9.47 Å². The molecule has 2 heterocycles. The fourth-order valence-electron chi connectivity index (χ4n) is 2.99. The molecule has 0 spiro atoms. The van der Waals surface area contributed by atoms with Crippen molar-refractivity contribution in [3.8, 4) is 0 Å². The van der Waals surface area contributed by atoms with Gasteiger partial charge < -0.3 is 14.4 Å². The van der Waals surface area contributed by atoms with Crippen LogP contribution in [0.5, 0.6) is 0 Å². The number of alkyl halides is 1. The van der Waals surface area contributed by atoms with Gasteiger partial charge in [-0.1, -0.05) is 22.9 Å². The lowest BCUT2D eigenvalue weighted by atomic mass is 9.81. The summed E-state index contributed by atoms with van der Waals surface area (Å²) < 4.78 is 11.3. The number of hydrogen-bond acceptors (Lipinski definition) is 3. The predicted octanol–water partition coefficient (Wildman–Crippen LogP) is 2.68. The van der Waals surface area contributed by atoms with Gasteiger partial charge in [-0.3, -0.25) is 0 Å². The second kappa shape index (κ2) is 7.22. The van der Waals surface area contributed by atoms with Crippen molar-refractivity contribution in [3.05, 3.63) is 0 Å². The first-order chi connectivity index (χ1) is 8.78. The highest BCUT2D eigenvalue weighted by Gasteiger charge is 2.34. The Morgan fingerprint density at radius 1 is 1.28 bits per heavy atom. The van der Waals surface area contributed by atoms with E-state index in [-0.39, 0.29) is 0 Å². The number of rotatable bonds is 6. The second-order valence-corrected chi connectivity index (χ2v) is 6.27. The first-order valence-corrected chi connectivity index (χ1v) is 8.38. The minimum absolute atomic E-state index is 0.410. The lowest BCUT2D eigenvalue weighted by molar-refractivity contribution is -0.00154. The fraction of sp³-hybridized carbons (Fsp3) is 1.00. The van der Waals surface area contributed by atoms with E-state index in [0.717, 1.165) is 38.2 Å². The van der Waals surface area contributed by atoms with Crippen molar-refractivity contribution in [2.24, 2.45) is 5.41 Å². The first kappa shape index (κ1) is 14.8. The zero-order valence-corrected chi connectivity index (χ0v) is 13.1. The Morgan fingerprint density at radius 3 is 2.61 bits per heavy atom. The van der Waals surface area contributed by atoms with E-state index in [1.165, 1.54) is 32.2 Å². The Bertz CT molecular complexity index is 238. The Kier molecular flexibility index (Phi) is 5.93. The van der Waals surface area contributed by atoms with Crippen molar-refractivity contribution >= 4 is 15.9 Å². The molecule has 0 saturated carbocycles. The van der Waals surface area contributed by atoms with Crippen LogP contribution in [0.4, 0.5) is 0 Å². The quantitative estimate of drug-likeness (QED) is 0.703. The molecule has 0 aromatic heterocycles. The van der Waals surface area contributed by atoms with Crippen molar-refractivity contribution in [1.29, 1.82) is 0 Å². The summed E-state index contributed by atoms with van der Waals surface area (Å²) in [6, 6.07) is 0. The van der Waals surface area contributed by atoms with Crippen LogP contribution in [-0.2, 0) is 9.47 Å². The highest BCUT2D eigenvalue weighted by atomic mass is 79.9. The van der Waals surface area contributed by atoms with Crippen molar-refractivity contribution in [1.82, 2.24) is 4.90 Å². The van der Waals surface area contributed by atoms with Crippen LogP contribution < -0.4 is 0 Å². The van der Waals surface area contributed by atoms with Crippen molar-refractivity contribution in [2.45, 2.75) is 38.7 Å². The topological polar surface area (TPSA) is 21.7 Å². The molecule has 0 amide bonds. The maximum atomic E-state index is 5.76. The van der Waals surface area contributed by atoms with E-state index in [9.17, 15) is 0 Å². The average Bonchev–Trinajstić information content (AvgIpc) is 2.92. The second-order valence-electron chi connectivity index (χ2n) is 5.71. The van der Waals surface area contributed by atoms with Gasteiger partial charge in [-0.2, -0.15) is 0 Å². The summed E-state index contributed by atoms with van der Waals surface area (Å²) >= 11 is 3.73. The summed E-state index contributed by atoms with van der Waals surface area (Å²) in [7, 11) is 0. The zero-order valence-electron chi connectivity index (χ0n) is 11.5. The highest BCUT2D eigenvalue weighted by Crippen LogP contribution is 2.33. The van der Waals surface area contributed by atoms with E-state index in [2.05, 4.69) is 27.8 Å².